The van der Waals surface area contributed by atoms with Crippen LogP contribution in [0.2, 0.25) is 0 Å². The highest BCUT2D eigenvalue weighted by molar-refractivity contribution is 7.90. The average Bonchev–Trinajstić information content (AvgIpc) is 2.57. The maximum atomic E-state index is 12.1. The van der Waals surface area contributed by atoms with Crippen LogP contribution in [0, 0.1) is 5.92 Å². The lowest BCUT2D eigenvalue weighted by molar-refractivity contribution is 0.0179. The molecule has 1 fully saturated rings. The van der Waals surface area contributed by atoms with Gasteiger partial charge >= 0.3 is 6.09 Å². The van der Waals surface area contributed by atoms with Gasteiger partial charge in [-0.15, -0.1) is 0 Å². The summed E-state index contributed by atoms with van der Waals surface area (Å²) in [6.45, 7) is 7.63. The van der Waals surface area contributed by atoms with Crippen LogP contribution < -0.4 is 4.74 Å². The Morgan fingerprint density at radius 3 is 2.44 bits per heavy atom. The Morgan fingerprint density at radius 1 is 1.26 bits per heavy atom. The summed E-state index contributed by atoms with van der Waals surface area (Å²) in [6.07, 6.45) is 6.11. The van der Waals surface area contributed by atoms with Gasteiger partial charge in [0.2, 0.25) is 5.88 Å². The zero-order valence-electron chi connectivity index (χ0n) is 16.6. The summed E-state index contributed by atoms with van der Waals surface area (Å²) in [6, 6.07) is 3.08. The average molecular weight is 399 g/mol. The monoisotopic (exact) mass is 398 g/mol. The zero-order chi connectivity index (χ0) is 20.1. The Hall–Kier alpha value is -1.83. The number of pyridine rings is 1. The lowest BCUT2D eigenvalue weighted by Gasteiger charge is -2.33. The molecule has 2 rings (SSSR count). The Balaban J connectivity index is 1.65. The molecule has 1 amide bonds. The molecule has 152 valence electrons. The number of rotatable bonds is 6. The number of piperidine rings is 1. The number of amides is 1. The summed E-state index contributed by atoms with van der Waals surface area (Å²) in [5.74, 6) is 1.01. The highest BCUT2D eigenvalue weighted by Crippen LogP contribution is 2.23. The van der Waals surface area contributed by atoms with E-state index in [4.69, 9.17) is 9.47 Å². The summed E-state index contributed by atoms with van der Waals surface area (Å²) in [5, 5.41) is 0. The van der Waals surface area contributed by atoms with Crippen LogP contribution in [-0.4, -0.2) is 55.9 Å². The first-order valence-electron chi connectivity index (χ1n) is 9.31. The third-order valence-electron chi connectivity index (χ3n) is 4.41. The molecule has 1 saturated heterocycles. The standard InChI is InChI=1S/C19H30N2O5S/c1-19(2,3)26-18(22)21-11-9-15(10-12-21)6-5-13-25-17-8-7-16(14-20-17)27(4,23)24/h7-8,14-15H,5-6,9-13H2,1-4H3. The molecule has 0 saturated carbocycles. The van der Waals surface area contributed by atoms with Crippen molar-refractivity contribution in [3.8, 4) is 5.88 Å². The fraction of sp³-hybridized carbons (Fsp3) is 0.684. The van der Waals surface area contributed by atoms with Crippen molar-refractivity contribution in [2.45, 2.75) is 57.0 Å². The van der Waals surface area contributed by atoms with Crippen molar-refractivity contribution in [1.29, 1.82) is 0 Å². The molecule has 1 aliphatic heterocycles. The largest absolute Gasteiger partial charge is 0.478 e. The van der Waals surface area contributed by atoms with Gasteiger partial charge < -0.3 is 14.4 Å². The molecule has 1 aliphatic rings. The number of sulfone groups is 1. The summed E-state index contributed by atoms with van der Waals surface area (Å²) < 4.78 is 33.8. The smallest absolute Gasteiger partial charge is 0.410 e. The van der Waals surface area contributed by atoms with Crippen molar-refractivity contribution in [2.24, 2.45) is 5.92 Å². The molecule has 0 unspecified atom stereocenters. The minimum absolute atomic E-state index is 0.187. The second kappa shape index (κ2) is 8.91. The van der Waals surface area contributed by atoms with E-state index >= 15 is 0 Å². The number of carbonyl (C=O) groups excluding carboxylic acids is 1. The van der Waals surface area contributed by atoms with Gasteiger partial charge in [-0.05, 0) is 58.4 Å². The number of likely N-dealkylation sites (tertiary alicyclic amines) is 1. The van der Waals surface area contributed by atoms with E-state index in [1.165, 1.54) is 12.3 Å². The first-order valence-corrected chi connectivity index (χ1v) is 11.2. The predicted octanol–water partition coefficient (Wildman–Crippen LogP) is 3.29. The molecule has 0 N–H and O–H groups in total. The molecule has 1 aromatic rings. The highest BCUT2D eigenvalue weighted by atomic mass is 32.2. The van der Waals surface area contributed by atoms with Crippen molar-refractivity contribution in [2.75, 3.05) is 26.0 Å². The van der Waals surface area contributed by atoms with Crippen molar-refractivity contribution in [3.05, 3.63) is 18.3 Å². The van der Waals surface area contributed by atoms with Crippen molar-refractivity contribution >= 4 is 15.9 Å². The molecule has 0 atom stereocenters. The molecule has 0 bridgehead atoms. The minimum atomic E-state index is -3.24. The summed E-state index contributed by atoms with van der Waals surface area (Å²) >= 11 is 0. The van der Waals surface area contributed by atoms with Crippen molar-refractivity contribution in [3.63, 3.8) is 0 Å². The molecular formula is C19H30N2O5S. The molecular weight excluding hydrogens is 368 g/mol. The molecule has 1 aromatic heterocycles. The van der Waals surface area contributed by atoms with Gasteiger partial charge in [0.1, 0.15) is 5.60 Å². The van der Waals surface area contributed by atoms with Gasteiger partial charge in [0.15, 0.2) is 9.84 Å². The van der Waals surface area contributed by atoms with Gasteiger partial charge in [-0.1, -0.05) is 0 Å². The number of ether oxygens (including phenoxy) is 2. The first-order chi connectivity index (χ1) is 12.5. The van der Waals surface area contributed by atoms with E-state index in [1.54, 1.807) is 11.0 Å². The zero-order valence-corrected chi connectivity index (χ0v) is 17.4. The van der Waals surface area contributed by atoms with Gasteiger partial charge in [-0.3, -0.25) is 0 Å². The Bertz CT molecular complexity index is 717. The van der Waals surface area contributed by atoms with E-state index in [9.17, 15) is 13.2 Å². The molecule has 0 spiro atoms. The van der Waals surface area contributed by atoms with E-state index in [1.807, 2.05) is 20.8 Å². The first kappa shape index (κ1) is 21.5. The lowest BCUT2D eigenvalue weighted by Crippen LogP contribution is -2.41. The van der Waals surface area contributed by atoms with E-state index in [0.29, 0.717) is 18.4 Å². The van der Waals surface area contributed by atoms with Crippen molar-refractivity contribution < 1.29 is 22.7 Å². The van der Waals surface area contributed by atoms with Gasteiger partial charge in [0.05, 0.1) is 11.5 Å². The molecule has 0 radical (unpaired) electrons. The van der Waals surface area contributed by atoms with Crippen LogP contribution in [-0.2, 0) is 14.6 Å². The normalized spacial score (nSPS) is 16.2. The van der Waals surface area contributed by atoms with Gasteiger partial charge in [0, 0.05) is 31.6 Å². The third-order valence-corrected chi connectivity index (χ3v) is 5.51. The van der Waals surface area contributed by atoms with Crippen LogP contribution in [0.5, 0.6) is 5.88 Å². The van der Waals surface area contributed by atoms with Gasteiger partial charge in [-0.25, -0.2) is 18.2 Å². The molecule has 0 aromatic carbocycles. The Labute approximate surface area is 162 Å². The maximum Gasteiger partial charge on any atom is 0.410 e. The summed E-state index contributed by atoms with van der Waals surface area (Å²) in [5.41, 5.74) is -0.460. The topological polar surface area (TPSA) is 85.8 Å². The van der Waals surface area contributed by atoms with E-state index in [0.717, 1.165) is 45.0 Å². The van der Waals surface area contributed by atoms with Crippen molar-refractivity contribution in [1.82, 2.24) is 9.88 Å². The molecule has 2 heterocycles. The predicted molar refractivity (Wildman–Crippen MR) is 103 cm³/mol. The van der Waals surface area contributed by atoms with Crippen LogP contribution >= 0.6 is 0 Å². The highest BCUT2D eigenvalue weighted by Gasteiger charge is 2.26. The van der Waals surface area contributed by atoms with E-state index in [-0.39, 0.29) is 11.0 Å². The van der Waals surface area contributed by atoms with Crippen LogP contribution in [0.15, 0.2) is 23.2 Å². The molecule has 7 nitrogen and oxygen atoms in total. The summed E-state index contributed by atoms with van der Waals surface area (Å²) in [7, 11) is -3.24. The number of carbonyl (C=O) groups is 1. The Morgan fingerprint density at radius 2 is 1.93 bits per heavy atom. The SMILES string of the molecule is CC(C)(C)OC(=O)N1CCC(CCCOc2ccc(S(C)(=O)=O)cn2)CC1. The lowest BCUT2D eigenvalue weighted by atomic mass is 9.92. The molecule has 27 heavy (non-hydrogen) atoms. The fourth-order valence-electron chi connectivity index (χ4n) is 2.95. The third kappa shape index (κ3) is 7.36. The van der Waals surface area contributed by atoms with E-state index < -0.39 is 15.4 Å². The fourth-order valence-corrected chi connectivity index (χ4v) is 3.51. The maximum absolute atomic E-state index is 12.1. The number of hydrogen-bond donors (Lipinski definition) is 0. The quantitative estimate of drug-likeness (QED) is 0.684. The number of nitrogens with zero attached hydrogens (tertiary/aromatic N) is 2. The van der Waals surface area contributed by atoms with Gasteiger partial charge in [-0.2, -0.15) is 0 Å². The molecule has 0 aliphatic carbocycles. The second-order valence-corrected chi connectivity index (χ2v) is 10.0. The number of aromatic nitrogens is 1. The molecule has 8 heteroatoms. The summed E-state index contributed by atoms with van der Waals surface area (Å²) in [4.78, 5) is 18.1. The Kier molecular flexibility index (Phi) is 7.08. The van der Waals surface area contributed by atoms with Crippen LogP contribution in [0.1, 0.15) is 46.5 Å². The van der Waals surface area contributed by atoms with Crippen LogP contribution in [0.25, 0.3) is 0 Å². The van der Waals surface area contributed by atoms with Crippen LogP contribution in [0.3, 0.4) is 0 Å². The second-order valence-electron chi connectivity index (χ2n) is 8.01. The van der Waals surface area contributed by atoms with Gasteiger partial charge in [0.25, 0.3) is 0 Å². The van der Waals surface area contributed by atoms with E-state index in [2.05, 4.69) is 4.98 Å². The number of hydrogen-bond acceptors (Lipinski definition) is 6. The van der Waals surface area contributed by atoms with Crippen LogP contribution in [0.4, 0.5) is 4.79 Å². The minimum Gasteiger partial charge on any atom is -0.478 e.